The number of carbonyl (C=O) groups is 1. The molecule has 0 spiro atoms. The summed E-state index contributed by atoms with van der Waals surface area (Å²) in [5.74, 6) is 1.02. The van der Waals surface area contributed by atoms with Crippen molar-refractivity contribution >= 4 is 6.29 Å². The third-order valence-electron chi connectivity index (χ3n) is 2.45. The van der Waals surface area contributed by atoms with Gasteiger partial charge in [0.1, 0.15) is 6.29 Å². The van der Waals surface area contributed by atoms with Gasteiger partial charge in [0.25, 0.3) is 0 Å². The fourth-order valence-corrected chi connectivity index (χ4v) is 1.69. The van der Waals surface area contributed by atoms with Gasteiger partial charge in [0, 0.05) is 6.61 Å². The molecule has 0 radical (unpaired) electrons. The van der Waals surface area contributed by atoms with Gasteiger partial charge in [-0.3, -0.25) is 0 Å². The van der Waals surface area contributed by atoms with Gasteiger partial charge in [0.15, 0.2) is 5.82 Å². The van der Waals surface area contributed by atoms with Gasteiger partial charge in [-0.1, -0.05) is 5.16 Å². The molecule has 82 valence electrons. The predicted octanol–water partition coefficient (Wildman–Crippen LogP) is 0.923. The second kappa shape index (κ2) is 5.02. The molecule has 0 bridgehead atoms. The van der Waals surface area contributed by atoms with Crippen molar-refractivity contribution in [2.45, 2.75) is 38.2 Å². The van der Waals surface area contributed by atoms with Crippen LogP contribution in [0.5, 0.6) is 0 Å². The van der Waals surface area contributed by atoms with E-state index in [1.807, 2.05) is 0 Å². The Hall–Kier alpha value is -1.23. The van der Waals surface area contributed by atoms with Crippen LogP contribution >= 0.6 is 0 Å². The zero-order valence-corrected chi connectivity index (χ0v) is 8.52. The first-order valence-electron chi connectivity index (χ1n) is 5.25. The number of hydrogen-bond donors (Lipinski definition) is 0. The minimum Gasteiger partial charge on any atom is -0.378 e. The molecule has 1 aliphatic heterocycles. The third kappa shape index (κ3) is 2.86. The molecule has 0 aliphatic carbocycles. The van der Waals surface area contributed by atoms with Crippen LogP contribution in [0.25, 0.3) is 0 Å². The Morgan fingerprint density at radius 2 is 2.40 bits per heavy atom. The first-order chi connectivity index (χ1) is 7.38. The lowest BCUT2D eigenvalue weighted by atomic mass is 10.1. The van der Waals surface area contributed by atoms with Crippen LogP contribution in [0.1, 0.15) is 31.0 Å². The summed E-state index contributed by atoms with van der Waals surface area (Å²) < 4.78 is 10.6. The average Bonchev–Trinajstić information content (AvgIpc) is 2.68. The first kappa shape index (κ1) is 10.3. The molecule has 5 nitrogen and oxygen atoms in total. The van der Waals surface area contributed by atoms with E-state index in [-0.39, 0.29) is 12.5 Å². The Bertz CT molecular complexity index is 318. The molecule has 0 amide bonds. The summed E-state index contributed by atoms with van der Waals surface area (Å²) in [5, 5.41) is 3.70. The molecular weight excluding hydrogens is 196 g/mol. The lowest BCUT2D eigenvalue weighted by molar-refractivity contribution is -0.107. The number of aromatic nitrogens is 2. The van der Waals surface area contributed by atoms with Crippen LogP contribution in [-0.4, -0.2) is 29.1 Å². The monoisotopic (exact) mass is 210 g/mol. The number of carbonyl (C=O) groups excluding carboxylic acids is 1. The Morgan fingerprint density at radius 3 is 3.13 bits per heavy atom. The molecular formula is C10H14N2O3. The predicted molar refractivity (Wildman–Crippen MR) is 51.4 cm³/mol. The molecule has 1 saturated heterocycles. The van der Waals surface area contributed by atoms with Crippen LogP contribution in [0.3, 0.4) is 0 Å². The van der Waals surface area contributed by atoms with Crippen molar-refractivity contribution in [3.8, 4) is 0 Å². The number of nitrogens with zero attached hydrogens (tertiary/aromatic N) is 2. The lowest BCUT2D eigenvalue weighted by Crippen LogP contribution is -2.21. The average molecular weight is 210 g/mol. The van der Waals surface area contributed by atoms with Gasteiger partial charge >= 0.3 is 0 Å². The van der Waals surface area contributed by atoms with Crippen molar-refractivity contribution in [2.24, 2.45) is 0 Å². The van der Waals surface area contributed by atoms with Crippen molar-refractivity contribution in [3.05, 3.63) is 11.7 Å². The van der Waals surface area contributed by atoms with E-state index >= 15 is 0 Å². The van der Waals surface area contributed by atoms with Crippen LogP contribution in [0.4, 0.5) is 0 Å². The van der Waals surface area contributed by atoms with Crippen LogP contribution in [0.15, 0.2) is 4.52 Å². The number of rotatable bonds is 4. The second-order valence-corrected chi connectivity index (χ2v) is 3.67. The summed E-state index contributed by atoms with van der Waals surface area (Å²) in [6.45, 7) is 0.819. The number of ether oxygens (including phenoxy) is 1. The Kier molecular flexibility index (Phi) is 3.45. The van der Waals surface area contributed by atoms with Crippen LogP contribution in [-0.2, 0) is 22.4 Å². The van der Waals surface area contributed by atoms with E-state index in [1.165, 1.54) is 6.42 Å². The summed E-state index contributed by atoms with van der Waals surface area (Å²) in [7, 11) is 0. The molecule has 1 atom stereocenters. The SMILES string of the molecule is O=CCc1noc(CC2CCCCO2)n1. The maximum Gasteiger partial charge on any atom is 0.229 e. The Labute approximate surface area is 87.8 Å². The van der Waals surface area contributed by atoms with E-state index in [9.17, 15) is 4.79 Å². The lowest BCUT2D eigenvalue weighted by Gasteiger charge is -2.20. The molecule has 1 aromatic rings. The normalized spacial score (nSPS) is 21.5. The summed E-state index contributed by atoms with van der Waals surface area (Å²) in [4.78, 5) is 14.3. The molecule has 2 heterocycles. The van der Waals surface area contributed by atoms with Gasteiger partial charge in [-0.15, -0.1) is 0 Å². The Morgan fingerprint density at radius 1 is 1.47 bits per heavy atom. The van der Waals surface area contributed by atoms with Gasteiger partial charge in [-0.25, -0.2) is 0 Å². The summed E-state index contributed by atoms with van der Waals surface area (Å²) in [6.07, 6.45) is 5.22. The highest BCUT2D eigenvalue weighted by molar-refractivity contribution is 5.52. The molecule has 1 unspecified atom stereocenters. The first-order valence-corrected chi connectivity index (χ1v) is 5.25. The largest absolute Gasteiger partial charge is 0.378 e. The van der Waals surface area contributed by atoms with Crippen LogP contribution < -0.4 is 0 Å². The molecule has 1 aromatic heterocycles. The smallest absolute Gasteiger partial charge is 0.229 e. The molecule has 2 rings (SSSR count). The van der Waals surface area contributed by atoms with E-state index in [4.69, 9.17) is 9.26 Å². The fraction of sp³-hybridized carbons (Fsp3) is 0.700. The molecule has 0 saturated carbocycles. The molecule has 5 heteroatoms. The zero-order chi connectivity index (χ0) is 10.5. The van der Waals surface area contributed by atoms with E-state index in [0.29, 0.717) is 18.1 Å². The van der Waals surface area contributed by atoms with E-state index < -0.39 is 0 Å². The summed E-state index contributed by atoms with van der Waals surface area (Å²) in [6, 6.07) is 0. The highest BCUT2D eigenvalue weighted by Gasteiger charge is 2.17. The van der Waals surface area contributed by atoms with E-state index in [1.54, 1.807) is 0 Å². The van der Waals surface area contributed by atoms with Gasteiger partial charge in [-0.2, -0.15) is 4.98 Å². The molecule has 15 heavy (non-hydrogen) atoms. The third-order valence-corrected chi connectivity index (χ3v) is 2.45. The zero-order valence-electron chi connectivity index (χ0n) is 8.52. The Balaban J connectivity index is 1.88. The quantitative estimate of drug-likeness (QED) is 0.691. The number of aldehydes is 1. The van der Waals surface area contributed by atoms with E-state index in [0.717, 1.165) is 25.7 Å². The van der Waals surface area contributed by atoms with Crippen LogP contribution in [0, 0.1) is 0 Å². The maximum atomic E-state index is 10.2. The molecule has 0 N–H and O–H groups in total. The number of hydrogen-bond acceptors (Lipinski definition) is 5. The fourth-order valence-electron chi connectivity index (χ4n) is 1.69. The maximum absolute atomic E-state index is 10.2. The van der Waals surface area contributed by atoms with Crippen molar-refractivity contribution in [1.82, 2.24) is 10.1 Å². The topological polar surface area (TPSA) is 65.2 Å². The van der Waals surface area contributed by atoms with Crippen molar-refractivity contribution in [1.29, 1.82) is 0 Å². The molecule has 1 fully saturated rings. The minimum absolute atomic E-state index is 0.197. The van der Waals surface area contributed by atoms with Gasteiger partial charge < -0.3 is 14.1 Å². The second-order valence-electron chi connectivity index (χ2n) is 3.67. The van der Waals surface area contributed by atoms with E-state index in [2.05, 4.69) is 10.1 Å². The van der Waals surface area contributed by atoms with Crippen LogP contribution in [0.2, 0.25) is 0 Å². The summed E-state index contributed by atoms with van der Waals surface area (Å²) >= 11 is 0. The van der Waals surface area contributed by atoms with Crippen molar-refractivity contribution < 1.29 is 14.1 Å². The van der Waals surface area contributed by atoms with Gasteiger partial charge in [0.05, 0.1) is 18.9 Å². The van der Waals surface area contributed by atoms with Gasteiger partial charge in [-0.05, 0) is 19.3 Å². The molecule has 1 aliphatic rings. The highest BCUT2D eigenvalue weighted by Crippen LogP contribution is 2.16. The summed E-state index contributed by atoms with van der Waals surface area (Å²) in [5.41, 5.74) is 0. The van der Waals surface area contributed by atoms with Gasteiger partial charge in [0.2, 0.25) is 5.89 Å². The minimum atomic E-state index is 0.197. The molecule has 0 aromatic carbocycles. The highest BCUT2D eigenvalue weighted by atomic mass is 16.5. The standard InChI is InChI=1S/C10H14N2O3/c13-5-4-9-11-10(15-12-9)7-8-3-1-2-6-14-8/h5,8H,1-4,6-7H2. The van der Waals surface area contributed by atoms with Crippen molar-refractivity contribution in [3.63, 3.8) is 0 Å². The van der Waals surface area contributed by atoms with Crippen molar-refractivity contribution in [2.75, 3.05) is 6.61 Å².